The van der Waals surface area contributed by atoms with Gasteiger partial charge in [0, 0.05) is 29.6 Å². The molecule has 0 unspecified atom stereocenters. The molecule has 24 heavy (non-hydrogen) atoms. The Kier molecular flexibility index (Phi) is 4.17. The predicted molar refractivity (Wildman–Crippen MR) is 96.0 cm³/mol. The second-order valence-corrected chi connectivity index (χ2v) is 6.92. The molecule has 1 amide bonds. The van der Waals surface area contributed by atoms with Gasteiger partial charge in [0.05, 0.1) is 16.1 Å². The number of amides is 1. The summed E-state index contributed by atoms with van der Waals surface area (Å²) in [5.74, 6) is 0.780. The van der Waals surface area contributed by atoms with Gasteiger partial charge in [0.15, 0.2) is 0 Å². The third-order valence-corrected chi connectivity index (χ3v) is 4.94. The Morgan fingerprint density at radius 3 is 2.88 bits per heavy atom. The summed E-state index contributed by atoms with van der Waals surface area (Å²) >= 11 is 1.62. The molecular weight excluding hydrogens is 318 g/mol. The molecule has 0 saturated heterocycles. The second-order valence-electron chi connectivity index (χ2n) is 5.92. The number of fused-ring (bicyclic) bond motifs is 1. The molecule has 1 aromatic carbocycles. The highest BCUT2D eigenvalue weighted by Gasteiger charge is 2.25. The number of nitrogens with zero attached hydrogens (tertiary/aromatic N) is 2. The average molecular weight is 335 g/mol. The Labute approximate surface area is 144 Å². The minimum atomic E-state index is -0.000622. The van der Waals surface area contributed by atoms with Crippen molar-refractivity contribution in [3.63, 3.8) is 0 Å². The largest absolute Gasteiger partial charge is 0.349 e. The van der Waals surface area contributed by atoms with Crippen LogP contribution < -0.4 is 5.32 Å². The molecule has 0 bridgehead atoms. The highest BCUT2D eigenvalue weighted by molar-refractivity contribution is 7.98. The van der Waals surface area contributed by atoms with E-state index in [1.165, 1.54) is 0 Å². The predicted octanol–water partition coefficient (Wildman–Crippen LogP) is 3.81. The van der Waals surface area contributed by atoms with Gasteiger partial charge in [-0.1, -0.05) is 24.3 Å². The summed E-state index contributed by atoms with van der Waals surface area (Å²) in [4.78, 5) is 21.4. The topological polar surface area (TPSA) is 54.9 Å². The first kappa shape index (κ1) is 15.1. The molecule has 2 heterocycles. The highest BCUT2D eigenvalue weighted by atomic mass is 32.2. The van der Waals surface area contributed by atoms with Crippen LogP contribution >= 0.6 is 11.8 Å². The number of nitrogens with one attached hydrogen (secondary N) is 1. The van der Waals surface area contributed by atoms with Gasteiger partial charge in [-0.05, 0) is 36.6 Å². The smallest absolute Gasteiger partial charge is 0.252 e. The molecule has 120 valence electrons. The SMILES string of the molecule is O=C(NC1CC1)c1cc(SCc2cccnc2)nc2ccccc12. The van der Waals surface area contributed by atoms with E-state index in [0.29, 0.717) is 11.6 Å². The molecule has 3 aromatic rings. The van der Waals surface area contributed by atoms with Crippen LogP contribution in [0.3, 0.4) is 0 Å². The second kappa shape index (κ2) is 6.61. The first-order valence-electron chi connectivity index (χ1n) is 8.02. The maximum Gasteiger partial charge on any atom is 0.252 e. The first-order valence-corrected chi connectivity index (χ1v) is 9.00. The Morgan fingerprint density at radius 2 is 2.08 bits per heavy atom. The molecule has 1 aliphatic carbocycles. The monoisotopic (exact) mass is 335 g/mol. The summed E-state index contributed by atoms with van der Waals surface area (Å²) < 4.78 is 0. The highest BCUT2D eigenvalue weighted by Crippen LogP contribution is 2.27. The van der Waals surface area contributed by atoms with Crippen LogP contribution in [0.4, 0.5) is 0 Å². The molecule has 1 aliphatic rings. The van der Waals surface area contributed by atoms with E-state index in [1.54, 1.807) is 18.0 Å². The Bertz CT molecular complexity index is 878. The van der Waals surface area contributed by atoms with Gasteiger partial charge in [0.1, 0.15) is 0 Å². The van der Waals surface area contributed by atoms with Gasteiger partial charge < -0.3 is 5.32 Å². The van der Waals surface area contributed by atoms with E-state index >= 15 is 0 Å². The zero-order valence-corrected chi connectivity index (χ0v) is 13.9. The summed E-state index contributed by atoms with van der Waals surface area (Å²) in [6.07, 6.45) is 5.78. The minimum absolute atomic E-state index is 0.000622. The van der Waals surface area contributed by atoms with Crippen molar-refractivity contribution in [3.05, 3.63) is 66.0 Å². The zero-order valence-electron chi connectivity index (χ0n) is 13.1. The fourth-order valence-electron chi connectivity index (χ4n) is 2.54. The number of hydrogen-bond acceptors (Lipinski definition) is 4. The lowest BCUT2D eigenvalue weighted by atomic mass is 10.1. The first-order chi connectivity index (χ1) is 11.8. The van der Waals surface area contributed by atoms with Gasteiger partial charge in [-0.25, -0.2) is 4.98 Å². The van der Waals surface area contributed by atoms with E-state index in [4.69, 9.17) is 4.98 Å². The lowest BCUT2D eigenvalue weighted by Crippen LogP contribution is -2.25. The van der Waals surface area contributed by atoms with Crippen molar-refractivity contribution in [1.82, 2.24) is 15.3 Å². The van der Waals surface area contributed by atoms with Crippen molar-refractivity contribution in [2.75, 3.05) is 0 Å². The molecule has 4 rings (SSSR count). The van der Waals surface area contributed by atoms with Crippen molar-refractivity contribution in [1.29, 1.82) is 0 Å². The molecule has 5 heteroatoms. The van der Waals surface area contributed by atoms with E-state index < -0.39 is 0 Å². The van der Waals surface area contributed by atoms with Crippen LogP contribution in [-0.4, -0.2) is 21.9 Å². The lowest BCUT2D eigenvalue weighted by Gasteiger charge is -2.10. The zero-order chi connectivity index (χ0) is 16.4. The fraction of sp³-hybridized carbons (Fsp3) is 0.211. The van der Waals surface area contributed by atoms with E-state index in [2.05, 4.69) is 10.3 Å². The normalized spacial score (nSPS) is 13.8. The van der Waals surface area contributed by atoms with Gasteiger partial charge in [-0.15, -0.1) is 11.8 Å². The Balaban J connectivity index is 1.64. The van der Waals surface area contributed by atoms with Crippen molar-refractivity contribution < 1.29 is 4.79 Å². The number of carbonyl (C=O) groups excluding carboxylic acids is 1. The molecule has 0 aliphatic heterocycles. The molecule has 0 radical (unpaired) electrons. The Morgan fingerprint density at radius 1 is 1.21 bits per heavy atom. The maximum atomic E-state index is 12.6. The van der Waals surface area contributed by atoms with Crippen molar-refractivity contribution in [3.8, 4) is 0 Å². The molecule has 0 atom stereocenters. The van der Waals surface area contributed by atoms with Crippen molar-refractivity contribution >= 4 is 28.6 Å². The Hall–Kier alpha value is -2.40. The third kappa shape index (κ3) is 3.41. The van der Waals surface area contributed by atoms with Crippen LogP contribution in [0.15, 0.2) is 59.9 Å². The quantitative estimate of drug-likeness (QED) is 0.720. The summed E-state index contributed by atoms with van der Waals surface area (Å²) in [5.41, 5.74) is 2.71. The van der Waals surface area contributed by atoms with E-state index in [-0.39, 0.29) is 5.91 Å². The molecule has 1 fully saturated rings. The number of hydrogen-bond donors (Lipinski definition) is 1. The van der Waals surface area contributed by atoms with Gasteiger partial charge >= 0.3 is 0 Å². The molecule has 0 spiro atoms. The number of pyridine rings is 2. The molecule has 1 saturated carbocycles. The van der Waals surface area contributed by atoms with Crippen LogP contribution in [0.2, 0.25) is 0 Å². The number of thioether (sulfide) groups is 1. The van der Waals surface area contributed by atoms with Crippen LogP contribution in [0, 0.1) is 0 Å². The third-order valence-electron chi connectivity index (χ3n) is 3.96. The van der Waals surface area contributed by atoms with Gasteiger partial charge in [0.2, 0.25) is 0 Å². The fourth-order valence-corrected chi connectivity index (χ4v) is 3.39. The number of para-hydroxylation sites is 1. The van der Waals surface area contributed by atoms with E-state index in [1.807, 2.05) is 48.7 Å². The number of aromatic nitrogens is 2. The van der Waals surface area contributed by atoms with Gasteiger partial charge in [-0.2, -0.15) is 0 Å². The van der Waals surface area contributed by atoms with Crippen LogP contribution in [0.5, 0.6) is 0 Å². The number of rotatable bonds is 5. The van der Waals surface area contributed by atoms with E-state index in [0.717, 1.165) is 40.1 Å². The summed E-state index contributed by atoms with van der Waals surface area (Å²) in [7, 11) is 0. The molecular formula is C19H17N3OS. The summed E-state index contributed by atoms with van der Waals surface area (Å²) in [6.45, 7) is 0. The summed E-state index contributed by atoms with van der Waals surface area (Å²) in [6, 6.07) is 14.0. The standard InChI is InChI=1S/C19H17N3OS/c23-19(21-14-7-8-14)16-10-18(22-17-6-2-1-5-15(16)17)24-12-13-4-3-9-20-11-13/h1-6,9-11,14H,7-8,12H2,(H,21,23). The van der Waals surface area contributed by atoms with E-state index in [9.17, 15) is 4.79 Å². The minimum Gasteiger partial charge on any atom is -0.349 e. The van der Waals surface area contributed by atoms with Crippen LogP contribution in [0.25, 0.3) is 10.9 Å². The van der Waals surface area contributed by atoms with Crippen LogP contribution in [-0.2, 0) is 5.75 Å². The lowest BCUT2D eigenvalue weighted by molar-refractivity contribution is 0.0952. The molecule has 1 N–H and O–H groups in total. The summed E-state index contributed by atoms with van der Waals surface area (Å²) in [5, 5.41) is 4.84. The maximum absolute atomic E-state index is 12.6. The van der Waals surface area contributed by atoms with Gasteiger partial charge in [0.25, 0.3) is 5.91 Å². The average Bonchev–Trinajstić information content (AvgIpc) is 3.44. The number of carbonyl (C=O) groups is 1. The molecule has 2 aromatic heterocycles. The molecule has 4 nitrogen and oxygen atoms in total. The number of benzene rings is 1. The van der Waals surface area contributed by atoms with Crippen LogP contribution in [0.1, 0.15) is 28.8 Å². The van der Waals surface area contributed by atoms with Crippen molar-refractivity contribution in [2.24, 2.45) is 0 Å². The van der Waals surface area contributed by atoms with Gasteiger partial charge in [-0.3, -0.25) is 9.78 Å². The van der Waals surface area contributed by atoms with Crippen molar-refractivity contribution in [2.45, 2.75) is 29.7 Å².